The molecule has 2 heterocycles. The third-order valence-electron chi connectivity index (χ3n) is 1.89. The lowest BCUT2D eigenvalue weighted by molar-refractivity contribution is 0.598. The Morgan fingerprint density at radius 1 is 1.25 bits per heavy atom. The predicted octanol–water partition coefficient (Wildman–Crippen LogP) is 0.914. The highest BCUT2D eigenvalue weighted by Gasteiger charge is 2.15. The largest absolute Gasteiger partial charge is 0.334 e. The Hall–Kier alpha value is -1.89. The molecule has 2 aromatic heterocycles. The van der Waals surface area contributed by atoms with Crippen molar-refractivity contribution in [3.05, 3.63) is 36.5 Å². The van der Waals surface area contributed by atoms with E-state index in [-0.39, 0.29) is 5.03 Å². The van der Waals surface area contributed by atoms with Crippen LogP contribution in [0.2, 0.25) is 0 Å². The Morgan fingerprint density at radius 2 is 2.06 bits per heavy atom. The van der Waals surface area contributed by atoms with Crippen molar-refractivity contribution in [3.8, 4) is 0 Å². The Balaban J connectivity index is 2.29. The molecule has 2 rings (SSSR count). The molecule has 7 heteroatoms. The van der Waals surface area contributed by atoms with Gasteiger partial charge in [0.15, 0.2) is 5.03 Å². The molecule has 0 radical (unpaired) electrons. The van der Waals surface area contributed by atoms with Crippen molar-refractivity contribution >= 4 is 15.7 Å². The lowest BCUT2D eigenvalue weighted by Gasteiger charge is -2.05. The minimum Gasteiger partial charge on any atom is -0.334 e. The van der Waals surface area contributed by atoms with Gasteiger partial charge < -0.3 is 4.98 Å². The van der Waals surface area contributed by atoms with Crippen LogP contribution in [0.3, 0.4) is 0 Å². The van der Waals surface area contributed by atoms with Gasteiger partial charge >= 0.3 is 0 Å². The molecule has 0 aliphatic heterocycles. The van der Waals surface area contributed by atoms with Gasteiger partial charge in [-0.3, -0.25) is 9.71 Å². The molecule has 16 heavy (non-hydrogen) atoms. The fraction of sp³-hybridized carbons (Fsp3) is 0.111. The molecule has 0 fully saturated rings. The summed E-state index contributed by atoms with van der Waals surface area (Å²) in [6, 6.07) is 1.70. The summed E-state index contributed by atoms with van der Waals surface area (Å²) in [4.78, 5) is 10.1. The van der Waals surface area contributed by atoms with Gasteiger partial charge in [0.25, 0.3) is 10.0 Å². The second-order valence-electron chi connectivity index (χ2n) is 3.27. The third-order valence-corrected chi connectivity index (χ3v) is 3.20. The monoisotopic (exact) mass is 238 g/mol. The zero-order valence-corrected chi connectivity index (χ0v) is 9.32. The van der Waals surface area contributed by atoms with Crippen molar-refractivity contribution in [2.45, 2.75) is 11.9 Å². The zero-order valence-electron chi connectivity index (χ0n) is 8.51. The average Bonchev–Trinajstić information content (AvgIpc) is 2.69. The molecule has 84 valence electrons. The van der Waals surface area contributed by atoms with Crippen LogP contribution in [0.15, 0.2) is 36.0 Å². The molecule has 0 aliphatic rings. The highest BCUT2D eigenvalue weighted by molar-refractivity contribution is 7.92. The summed E-state index contributed by atoms with van der Waals surface area (Å²) in [6.45, 7) is 1.83. The summed E-state index contributed by atoms with van der Waals surface area (Å²) in [5.74, 6) is 0. The zero-order chi connectivity index (χ0) is 11.6. The number of aryl methyl sites for hydroxylation is 1. The number of aromatic amines is 1. The summed E-state index contributed by atoms with van der Waals surface area (Å²) < 4.78 is 25.9. The van der Waals surface area contributed by atoms with Crippen molar-refractivity contribution < 1.29 is 8.42 Å². The van der Waals surface area contributed by atoms with Crippen molar-refractivity contribution in [3.63, 3.8) is 0 Å². The molecule has 0 spiro atoms. The van der Waals surface area contributed by atoms with Crippen molar-refractivity contribution in [1.82, 2.24) is 15.0 Å². The van der Waals surface area contributed by atoms with Gasteiger partial charge in [0.05, 0.1) is 24.4 Å². The van der Waals surface area contributed by atoms with E-state index in [9.17, 15) is 8.42 Å². The molecule has 0 atom stereocenters. The Kier molecular flexibility index (Phi) is 2.61. The maximum absolute atomic E-state index is 11.8. The first-order valence-corrected chi connectivity index (χ1v) is 5.99. The summed E-state index contributed by atoms with van der Waals surface area (Å²) in [5.41, 5.74) is 1.31. The second-order valence-corrected chi connectivity index (χ2v) is 4.92. The standard InChI is InChI=1S/C9H10N4O2S/c1-7-2-8(4-10-3-7)13-16(14,15)9-5-11-6-12-9/h2-6,13H,1H3,(H,11,12). The Morgan fingerprint density at radius 3 is 2.69 bits per heavy atom. The lowest BCUT2D eigenvalue weighted by Crippen LogP contribution is -2.13. The topological polar surface area (TPSA) is 87.7 Å². The van der Waals surface area contributed by atoms with E-state index in [1.807, 2.05) is 6.92 Å². The smallest absolute Gasteiger partial charge is 0.279 e. The molecule has 0 aliphatic carbocycles. The Bertz CT molecular complexity index is 577. The van der Waals surface area contributed by atoms with Crippen LogP contribution in [0.5, 0.6) is 0 Å². The molecule has 0 aromatic carbocycles. The van der Waals surface area contributed by atoms with Gasteiger partial charge in [0.1, 0.15) is 0 Å². The minimum absolute atomic E-state index is 0.0222. The van der Waals surface area contributed by atoms with Crippen LogP contribution in [0.4, 0.5) is 5.69 Å². The van der Waals surface area contributed by atoms with E-state index >= 15 is 0 Å². The van der Waals surface area contributed by atoms with Crippen LogP contribution in [0, 0.1) is 6.92 Å². The highest BCUT2D eigenvalue weighted by atomic mass is 32.2. The Labute approximate surface area is 92.8 Å². The van der Waals surface area contributed by atoms with Crippen LogP contribution < -0.4 is 4.72 Å². The maximum atomic E-state index is 11.8. The predicted molar refractivity (Wildman–Crippen MR) is 58.4 cm³/mol. The van der Waals surface area contributed by atoms with E-state index < -0.39 is 10.0 Å². The van der Waals surface area contributed by atoms with Gasteiger partial charge in [-0.05, 0) is 18.6 Å². The van der Waals surface area contributed by atoms with Gasteiger partial charge in [-0.15, -0.1) is 0 Å². The number of hydrogen-bond acceptors (Lipinski definition) is 4. The van der Waals surface area contributed by atoms with Crippen molar-refractivity contribution in [2.24, 2.45) is 0 Å². The van der Waals surface area contributed by atoms with Gasteiger partial charge in [-0.25, -0.2) is 4.98 Å². The van der Waals surface area contributed by atoms with E-state index in [4.69, 9.17) is 0 Å². The third kappa shape index (κ3) is 2.19. The SMILES string of the molecule is Cc1cncc(NS(=O)(=O)c2cnc[nH]2)c1. The number of aromatic nitrogens is 3. The molecule has 0 saturated heterocycles. The molecule has 6 nitrogen and oxygen atoms in total. The summed E-state index contributed by atoms with van der Waals surface area (Å²) in [5, 5.41) is 0.0222. The number of H-pyrrole nitrogens is 1. The number of nitrogens with zero attached hydrogens (tertiary/aromatic N) is 2. The van der Waals surface area contributed by atoms with Crippen LogP contribution in [0.1, 0.15) is 5.56 Å². The quantitative estimate of drug-likeness (QED) is 0.832. The lowest BCUT2D eigenvalue weighted by atomic mass is 10.3. The first-order valence-electron chi connectivity index (χ1n) is 4.51. The normalized spacial score (nSPS) is 11.3. The fourth-order valence-corrected chi connectivity index (χ4v) is 2.15. The van der Waals surface area contributed by atoms with E-state index in [2.05, 4.69) is 19.7 Å². The first kappa shape index (κ1) is 10.6. The number of anilines is 1. The minimum atomic E-state index is -3.59. The molecule has 0 saturated carbocycles. The number of imidazole rings is 1. The molecule has 0 amide bonds. The van der Waals surface area contributed by atoms with Crippen LogP contribution in [0.25, 0.3) is 0 Å². The van der Waals surface area contributed by atoms with Crippen LogP contribution >= 0.6 is 0 Å². The average molecular weight is 238 g/mol. The number of hydrogen-bond donors (Lipinski definition) is 2. The molecule has 0 bridgehead atoms. The van der Waals surface area contributed by atoms with E-state index in [1.165, 1.54) is 18.7 Å². The van der Waals surface area contributed by atoms with Crippen molar-refractivity contribution in [1.29, 1.82) is 0 Å². The van der Waals surface area contributed by atoms with Gasteiger partial charge in [-0.2, -0.15) is 8.42 Å². The number of pyridine rings is 1. The van der Waals surface area contributed by atoms with E-state index in [1.54, 1.807) is 12.3 Å². The van der Waals surface area contributed by atoms with Gasteiger partial charge in [0.2, 0.25) is 0 Å². The van der Waals surface area contributed by atoms with Crippen LogP contribution in [-0.2, 0) is 10.0 Å². The summed E-state index contributed by atoms with van der Waals surface area (Å²) in [7, 11) is -3.59. The van der Waals surface area contributed by atoms with Crippen LogP contribution in [-0.4, -0.2) is 23.4 Å². The maximum Gasteiger partial charge on any atom is 0.279 e. The first-order chi connectivity index (χ1) is 7.58. The van der Waals surface area contributed by atoms with Gasteiger partial charge in [0, 0.05) is 6.20 Å². The molecule has 2 N–H and O–H groups in total. The van der Waals surface area contributed by atoms with E-state index in [0.717, 1.165) is 5.56 Å². The van der Waals surface area contributed by atoms with Gasteiger partial charge in [-0.1, -0.05) is 0 Å². The molecular formula is C9H10N4O2S. The fourth-order valence-electron chi connectivity index (χ4n) is 1.21. The number of sulfonamides is 1. The summed E-state index contributed by atoms with van der Waals surface area (Å²) in [6.07, 6.45) is 5.64. The molecule has 0 unspecified atom stereocenters. The molecule has 2 aromatic rings. The second kappa shape index (κ2) is 3.93. The number of nitrogens with one attached hydrogen (secondary N) is 2. The highest BCUT2D eigenvalue weighted by Crippen LogP contribution is 2.13. The summed E-state index contributed by atoms with van der Waals surface area (Å²) >= 11 is 0. The van der Waals surface area contributed by atoms with E-state index in [0.29, 0.717) is 5.69 Å². The number of rotatable bonds is 3. The molecular weight excluding hydrogens is 228 g/mol. The van der Waals surface area contributed by atoms with Crippen molar-refractivity contribution in [2.75, 3.05) is 4.72 Å².